The molecule has 0 aromatic carbocycles. The molecule has 0 heterocycles. The van der Waals surface area contributed by atoms with Gasteiger partial charge in [0.05, 0.1) is 0 Å². The number of hydrogen-bond acceptors (Lipinski definition) is 1. The van der Waals surface area contributed by atoms with E-state index < -0.39 is 0 Å². The monoisotopic (exact) mass is 402 g/mol. The van der Waals surface area contributed by atoms with E-state index in [4.69, 9.17) is 0 Å². The Balaban J connectivity index is -0.000000140. The first kappa shape index (κ1) is 18.7. The molecule has 0 aliphatic heterocycles. The summed E-state index contributed by atoms with van der Waals surface area (Å²) in [7, 11) is 0. The average molecular weight is 405 g/mol. The Hall–Kier alpha value is 1.92. The van der Waals surface area contributed by atoms with Gasteiger partial charge in [-0.05, 0) is 19.6 Å². The van der Waals surface area contributed by atoms with Crippen LogP contribution in [0.5, 0.6) is 0 Å². The van der Waals surface area contributed by atoms with Crippen LogP contribution in [0.25, 0.3) is 0 Å². The van der Waals surface area contributed by atoms with Gasteiger partial charge in [0, 0.05) is 0 Å². The van der Waals surface area contributed by atoms with Crippen LogP contribution < -0.4 is 0 Å². The standard InChI is InChI=1S/C6H15N.3BrH.Cu/c1-4-7(5-2)6-3;;;;/h4-6H2,1-3H3;3*1H;/q;;;;+2/p-2. The Morgan fingerprint density at radius 1 is 1.00 bits per heavy atom. The molecule has 0 saturated carbocycles. The van der Waals surface area contributed by atoms with Crippen LogP contribution in [0.3, 0.4) is 0 Å². The van der Waals surface area contributed by atoms with Crippen molar-refractivity contribution < 1.29 is 11.3 Å². The van der Waals surface area contributed by atoms with Gasteiger partial charge in [0.1, 0.15) is 0 Å². The molecule has 0 saturated heterocycles. The van der Waals surface area contributed by atoms with Crippen LogP contribution in [-0.4, -0.2) is 24.5 Å². The van der Waals surface area contributed by atoms with Crippen LogP contribution in [0.15, 0.2) is 0 Å². The van der Waals surface area contributed by atoms with Crippen LogP contribution in [0.2, 0.25) is 0 Å². The maximum atomic E-state index is 2.97. The molecule has 0 N–H and O–H groups in total. The fourth-order valence-corrected chi connectivity index (χ4v) is 0.671. The summed E-state index contributed by atoms with van der Waals surface area (Å²) in [6.07, 6.45) is 0. The Morgan fingerprint density at radius 2 is 1.18 bits per heavy atom. The zero-order valence-electron chi connectivity index (χ0n) is 7.03. The van der Waals surface area contributed by atoms with Crippen LogP contribution in [-0.2, 0) is 11.3 Å². The minimum atomic E-state index is 0. The molecule has 0 atom stereocenters. The molecule has 0 aromatic heterocycles. The fraction of sp³-hybridized carbons (Fsp3) is 1.00. The van der Waals surface area contributed by atoms with Crippen molar-refractivity contribution in [2.75, 3.05) is 19.6 Å². The average Bonchev–Trinajstić information content (AvgIpc) is 1.93. The molecule has 1 nitrogen and oxygen atoms in total. The van der Waals surface area contributed by atoms with E-state index in [1.165, 1.54) is 31.0 Å². The number of halogens is 3. The van der Waals surface area contributed by atoms with E-state index in [-0.39, 0.29) is 17.0 Å². The summed E-state index contributed by atoms with van der Waals surface area (Å²) in [5.41, 5.74) is 0. The van der Waals surface area contributed by atoms with Gasteiger partial charge in [0.2, 0.25) is 0 Å². The molecule has 0 amide bonds. The third kappa shape index (κ3) is 18.7. The summed E-state index contributed by atoms with van der Waals surface area (Å²) in [4.78, 5) is 2.38. The molecule has 0 aromatic rings. The molecule has 0 bridgehead atoms. The van der Waals surface area contributed by atoms with Gasteiger partial charge in [0.15, 0.2) is 0 Å². The van der Waals surface area contributed by atoms with Gasteiger partial charge in [-0.3, -0.25) is 0 Å². The fourth-order valence-electron chi connectivity index (χ4n) is 0.671. The van der Waals surface area contributed by atoms with Crippen molar-refractivity contribution in [1.29, 1.82) is 0 Å². The molecular formula is C6H16Br3CuN. The minimum absolute atomic E-state index is 0. The van der Waals surface area contributed by atoms with E-state index in [1.54, 1.807) is 0 Å². The molecule has 0 fully saturated rings. The zero-order chi connectivity index (χ0) is 8.41. The second-order valence-corrected chi connectivity index (χ2v) is 6.41. The molecule has 0 unspecified atom stereocenters. The molecular weight excluding hydrogens is 389 g/mol. The maximum absolute atomic E-state index is 2.97. The van der Waals surface area contributed by atoms with Gasteiger partial charge < -0.3 is 4.90 Å². The summed E-state index contributed by atoms with van der Waals surface area (Å²) in [5, 5.41) is 0. The predicted molar refractivity (Wildman–Crippen MR) is 61.6 cm³/mol. The third-order valence-electron chi connectivity index (χ3n) is 1.34. The number of rotatable bonds is 3. The number of nitrogens with zero attached hydrogens (tertiary/aromatic N) is 1. The molecule has 0 spiro atoms. The quantitative estimate of drug-likeness (QED) is 0.649. The van der Waals surface area contributed by atoms with E-state index in [2.05, 4.69) is 53.9 Å². The normalized spacial score (nSPS) is 8.55. The second kappa shape index (κ2) is 17.9. The Labute approximate surface area is 101 Å². The summed E-state index contributed by atoms with van der Waals surface area (Å²) in [6.45, 7) is 10.1. The Bertz CT molecular complexity index is 47.6. The van der Waals surface area contributed by atoms with Gasteiger partial charge in [0.25, 0.3) is 0 Å². The molecule has 0 rings (SSSR count). The van der Waals surface area contributed by atoms with Gasteiger partial charge in [-0.1, -0.05) is 20.8 Å². The van der Waals surface area contributed by atoms with Crippen LogP contribution >= 0.6 is 45.2 Å². The van der Waals surface area contributed by atoms with Crippen molar-refractivity contribution in [3.8, 4) is 0 Å². The van der Waals surface area contributed by atoms with Crippen molar-refractivity contribution in [1.82, 2.24) is 4.90 Å². The summed E-state index contributed by atoms with van der Waals surface area (Å²) in [6, 6.07) is 0. The Kier molecular flexibility index (Phi) is 30.3. The SMILES string of the molecule is Br.CCN(CC)CC.[Br][Cu][Br]. The summed E-state index contributed by atoms with van der Waals surface area (Å²) >= 11 is 7.38. The molecule has 0 radical (unpaired) electrons. The summed E-state index contributed by atoms with van der Waals surface area (Å²) < 4.78 is 0. The first-order chi connectivity index (χ1) is 4.76. The van der Waals surface area contributed by atoms with Crippen LogP contribution in [0.4, 0.5) is 0 Å². The van der Waals surface area contributed by atoms with E-state index in [1.807, 2.05) is 0 Å². The van der Waals surface area contributed by atoms with E-state index in [9.17, 15) is 0 Å². The van der Waals surface area contributed by atoms with Gasteiger partial charge >= 0.3 is 39.6 Å². The van der Waals surface area contributed by atoms with Gasteiger partial charge in [-0.15, -0.1) is 17.0 Å². The Morgan fingerprint density at radius 3 is 1.18 bits per heavy atom. The topological polar surface area (TPSA) is 3.24 Å². The van der Waals surface area contributed by atoms with E-state index >= 15 is 0 Å². The third-order valence-corrected chi connectivity index (χ3v) is 1.34. The van der Waals surface area contributed by atoms with Crippen molar-refractivity contribution in [3.05, 3.63) is 0 Å². The predicted octanol–water partition coefficient (Wildman–Crippen LogP) is 3.61. The van der Waals surface area contributed by atoms with Gasteiger partial charge in [-0.25, -0.2) is 0 Å². The molecule has 0 aliphatic carbocycles. The van der Waals surface area contributed by atoms with Gasteiger partial charge in [-0.2, -0.15) is 0 Å². The zero-order valence-corrected chi connectivity index (χ0v) is 12.9. The van der Waals surface area contributed by atoms with Crippen molar-refractivity contribution >= 4 is 45.2 Å². The van der Waals surface area contributed by atoms with Crippen LogP contribution in [0.1, 0.15) is 20.8 Å². The van der Waals surface area contributed by atoms with Crippen molar-refractivity contribution in [2.45, 2.75) is 20.8 Å². The van der Waals surface area contributed by atoms with Crippen molar-refractivity contribution in [3.63, 3.8) is 0 Å². The molecule has 0 aliphatic rings. The second-order valence-electron chi connectivity index (χ2n) is 1.66. The van der Waals surface area contributed by atoms with Crippen LogP contribution in [0, 0.1) is 0 Å². The molecule has 77 valence electrons. The first-order valence-corrected chi connectivity index (χ1v) is 7.95. The molecule has 11 heavy (non-hydrogen) atoms. The summed E-state index contributed by atoms with van der Waals surface area (Å²) in [5.74, 6) is 0. The molecule has 5 heteroatoms. The van der Waals surface area contributed by atoms with E-state index in [0.29, 0.717) is 0 Å². The first-order valence-electron chi connectivity index (χ1n) is 3.30. The van der Waals surface area contributed by atoms with Crippen molar-refractivity contribution in [2.24, 2.45) is 0 Å². The number of hydrogen-bond donors (Lipinski definition) is 0. The van der Waals surface area contributed by atoms with E-state index in [0.717, 1.165) is 0 Å².